The quantitative estimate of drug-likeness (QED) is 0.805. The average molecular weight is 300 g/mol. The van der Waals surface area contributed by atoms with Gasteiger partial charge in [0, 0.05) is 32.3 Å². The average Bonchev–Trinajstić information content (AvgIpc) is 2.41. The Labute approximate surface area is 122 Å². The lowest BCUT2D eigenvalue weighted by atomic mass is 10.3. The number of aromatic carboxylic acids is 1. The molecule has 1 aromatic rings. The lowest BCUT2D eigenvalue weighted by Gasteiger charge is -2.18. The molecule has 1 aromatic heterocycles. The van der Waals surface area contributed by atoms with Crippen LogP contribution in [0.2, 0.25) is 5.02 Å². The Balaban J connectivity index is 2.54. The van der Waals surface area contributed by atoms with Crippen LogP contribution in [0.1, 0.15) is 30.6 Å². The molecule has 0 atom stereocenters. The van der Waals surface area contributed by atoms with Gasteiger partial charge in [-0.25, -0.2) is 9.78 Å². The summed E-state index contributed by atoms with van der Waals surface area (Å²) in [5.41, 5.74) is 0.0276. The van der Waals surface area contributed by atoms with Crippen LogP contribution in [0.3, 0.4) is 0 Å². The van der Waals surface area contributed by atoms with Gasteiger partial charge in [-0.15, -0.1) is 0 Å². The molecule has 1 heterocycles. The molecule has 0 fully saturated rings. The molecule has 0 aliphatic rings. The Kier molecular flexibility index (Phi) is 6.24. The molecule has 0 bridgehead atoms. The number of carbonyl (C=O) groups is 2. The van der Waals surface area contributed by atoms with Crippen molar-refractivity contribution in [3.05, 3.63) is 22.8 Å². The highest BCUT2D eigenvalue weighted by Gasteiger charge is 2.11. The molecule has 0 saturated carbocycles. The Hall–Kier alpha value is -1.82. The zero-order valence-corrected chi connectivity index (χ0v) is 12.3. The van der Waals surface area contributed by atoms with Crippen LogP contribution in [0.4, 0.5) is 5.82 Å². The Morgan fingerprint density at radius 3 is 2.55 bits per heavy atom. The van der Waals surface area contributed by atoms with Gasteiger partial charge in [-0.05, 0) is 19.9 Å². The largest absolute Gasteiger partial charge is 0.478 e. The van der Waals surface area contributed by atoms with Crippen LogP contribution in [0, 0.1) is 0 Å². The van der Waals surface area contributed by atoms with Crippen molar-refractivity contribution in [1.82, 2.24) is 9.88 Å². The van der Waals surface area contributed by atoms with Crippen LogP contribution >= 0.6 is 11.6 Å². The number of aromatic nitrogens is 1. The summed E-state index contributed by atoms with van der Waals surface area (Å²) in [6, 6.07) is 1.32. The minimum Gasteiger partial charge on any atom is -0.478 e. The number of nitrogens with zero attached hydrogens (tertiary/aromatic N) is 2. The molecular weight excluding hydrogens is 282 g/mol. The van der Waals surface area contributed by atoms with Gasteiger partial charge in [-0.3, -0.25) is 4.79 Å². The van der Waals surface area contributed by atoms with Gasteiger partial charge in [0.25, 0.3) is 0 Å². The number of carboxylic acid groups (broad SMARTS) is 1. The first-order valence-electron chi connectivity index (χ1n) is 6.40. The smallest absolute Gasteiger partial charge is 0.337 e. The van der Waals surface area contributed by atoms with Crippen LogP contribution in [-0.4, -0.2) is 46.5 Å². The maximum absolute atomic E-state index is 11.8. The predicted molar refractivity (Wildman–Crippen MR) is 77.2 cm³/mol. The van der Waals surface area contributed by atoms with Crippen molar-refractivity contribution < 1.29 is 14.7 Å². The minimum absolute atomic E-state index is 0.0276. The van der Waals surface area contributed by atoms with Crippen molar-refractivity contribution in [2.45, 2.75) is 20.3 Å². The zero-order chi connectivity index (χ0) is 15.1. The number of amides is 1. The maximum atomic E-state index is 11.8. The second-order valence-electron chi connectivity index (χ2n) is 4.10. The van der Waals surface area contributed by atoms with Crippen molar-refractivity contribution in [3.63, 3.8) is 0 Å². The van der Waals surface area contributed by atoms with E-state index in [-0.39, 0.29) is 16.5 Å². The van der Waals surface area contributed by atoms with Crippen LogP contribution in [0.15, 0.2) is 12.3 Å². The molecule has 0 unspecified atom stereocenters. The van der Waals surface area contributed by atoms with Gasteiger partial charge in [0.1, 0.15) is 5.82 Å². The summed E-state index contributed by atoms with van der Waals surface area (Å²) < 4.78 is 0. The summed E-state index contributed by atoms with van der Waals surface area (Å²) in [6.07, 6.45) is 1.56. The first-order valence-corrected chi connectivity index (χ1v) is 6.77. The highest BCUT2D eigenvalue weighted by molar-refractivity contribution is 6.33. The fraction of sp³-hybridized carbons (Fsp3) is 0.462. The first kappa shape index (κ1) is 16.2. The number of nitrogens with one attached hydrogen (secondary N) is 1. The fourth-order valence-corrected chi connectivity index (χ4v) is 1.94. The van der Waals surface area contributed by atoms with Crippen LogP contribution in [0.25, 0.3) is 0 Å². The van der Waals surface area contributed by atoms with Gasteiger partial charge < -0.3 is 15.3 Å². The van der Waals surface area contributed by atoms with E-state index < -0.39 is 5.97 Å². The summed E-state index contributed by atoms with van der Waals surface area (Å²) in [7, 11) is 0. The van der Waals surface area contributed by atoms with E-state index in [9.17, 15) is 9.59 Å². The van der Waals surface area contributed by atoms with E-state index in [2.05, 4.69) is 10.3 Å². The molecule has 6 nitrogen and oxygen atoms in total. The van der Waals surface area contributed by atoms with E-state index in [1.54, 1.807) is 4.90 Å². The molecule has 0 saturated heterocycles. The molecular formula is C13H18ClN3O3. The lowest BCUT2D eigenvalue weighted by molar-refractivity contribution is -0.130. The molecule has 0 radical (unpaired) electrons. The zero-order valence-electron chi connectivity index (χ0n) is 11.5. The maximum Gasteiger partial charge on any atom is 0.337 e. The third-order valence-corrected chi connectivity index (χ3v) is 3.12. The van der Waals surface area contributed by atoms with E-state index in [1.807, 2.05) is 13.8 Å². The number of pyridine rings is 1. The van der Waals surface area contributed by atoms with E-state index in [0.717, 1.165) is 0 Å². The van der Waals surface area contributed by atoms with Gasteiger partial charge in [0.2, 0.25) is 5.91 Å². The monoisotopic (exact) mass is 299 g/mol. The molecule has 0 aliphatic carbocycles. The second-order valence-corrected chi connectivity index (χ2v) is 4.51. The summed E-state index contributed by atoms with van der Waals surface area (Å²) >= 11 is 5.92. The topological polar surface area (TPSA) is 82.5 Å². The molecule has 0 spiro atoms. The third-order valence-electron chi connectivity index (χ3n) is 2.84. The van der Waals surface area contributed by atoms with E-state index >= 15 is 0 Å². The minimum atomic E-state index is -1.08. The second kappa shape index (κ2) is 7.69. The van der Waals surface area contributed by atoms with Gasteiger partial charge >= 0.3 is 5.97 Å². The number of anilines is 1. The standard InChI is InChI=1S/C13H18ClN3O3/c1-3-17(4-2)11(18)5-6-15-12-10(14)7-9(8-16-12)13(19)20/h7-8H,3-6H2,1-2H3,(H,15,16)(H,19,20). The van der Waals surface area contributed by atoms with Crippen molar-refractivity contribution in [2.75, 3.05) is 25.0 Å². The Bertz CT molecular complexity index is 490. The molecule has 7 heteroatoms. The van der Waals surface area contributed by atoms with Crippen molar-refractivity contribution in [1.29, 1.82) is 0 Å². The number of rotatable bonds is 7. The first-order chi connectivity index (χ1) is 9.49. The van der Waals surface area contributed by atoms with Gasteiger partial charge in [0.05, 0.1) is 10.6 Å². The Morgan fingerprint density at radius 1 is 1.40 bits per heavy atom. The Morgan fingerprint density at radius 2 is 2.05 bits per heavy atom. The normalized spacial score (nSPS) is 10.2. The summed E-state index contributed by atoms with van der Waals surface area (Å²) in [5, 5.41) is 11.9. The molecule has 0 aliphatic heterocycles. The number of hydrogen-bond donors (Lipinski definition) is 2. The molecule has 0 aromatic carbocycles. The van der Waals surface area contributed by atoms with Gasteiger partial charge in [-0.1, -0.05) is 11.6 Å². The van der Waals surface area contributed by atoms with E-state index in [1.165, 1.54) is 12.3 Å². The fourth-order valence-electron chi connectivity index (χ4n) is 1.71. The van der Waals surface area contributed by atoms with Crippen LogP contribution < -0.4 is 5.32 Å². The van der Waals surface area contributed by atoms with Crippen LogP contribution in [0.5, 0.6) is 0 Å². The summed E-state index contributed by atoms with van der Waals surface area (Å²) in [5.74, 6) is -0.646. The van der Waals surface area contributed by atoms with Gasteiger partial charge in [-0.2, -0.15) is 0 Å². The number of hydrogen-bond acceptors (Lipinski definition) is 4. The number of halogens is 1. The van der Waals surface area contributed by atoms with E-state index in [0.29, 0.717) is 31.9 Å². The van der Waals surface area contributed by atoms with Gasteiger partial charge in [0.15, 0.2) is 0 Å². The highest BCUT2D eigenvalue weighted by atomic mass is 35.5. The van der Waals surface area contributed by atoms with E-state index in [4.69, 9.17) is 16.7 Å². The molecule has 20 heavy (non-hydrogen) atoms. The summed E-state index contributed by atoms with van der Waals surface area (Å²) in [6.45, 7) is 5.62. The lowest BCUT2D eigenvalue weighted by Crippen LogP contribution is -2.31. The molecule has 1 amide bonds. The number of carboxylic acids is 1. The van der Waals surface area contributed by atoms with Crippen molar-refractivity contribution in [2.24, 2.45) is 0 Å². The predicted octanol–water partition coefficient (Wildman–Crippen LogP) is 2.10. The third kappa shape index (κ3) is 4.38. The summed E-state index contributed by atoms with van der Waals surface area (Å²) in [4.78, 5) is 28.2. The SMILES string of the molecule is CCN(CC)C(=O)CCNc1ncc(C(=O)O)cc1Cl. The van der Waals surface area contributed by atoms with Crippen molar-refractivity contribution in [3.8, 4) is 0 Å². The molecule has 110 valence electrons. The molecule has 1 rings (SSSR count). The van der Waals surface area contributed by atoms with Crippen molar-refractivity contribution >= 4 is 29.3 Å². The number of carbonyl (C=O) groups excluding carboxylic acids is 1. The molecule has 2 N–H and O–H groups in total. The highest BCUT2D eigenvalue weighted by Crippen LogP contribution is 2.20. The van der Waals surface area contributed by atoms with Crippen LogP contribution in [-0.2, 0) is 4.79 Å².